The predicted molar refractivity (Wildman–Crippen MR) is 65.0 cm³/mol. The van der Waals surface area contributed by atoms with Crippen LogP contribution < -0.4 is 11.3 Å². The van der Waals surface area contributed by atoms with Gasteiger partial charge in [0.15, 0.2) is 0 Å². The molecule has 0 radical (unpaired) electrons. The lowest BCUT2D eigenvalue weighted by Crippen LogP contribution is -2.33. The lowest BCUT2D eigenvalue weighted by Gasteiger charge is -2.16. The number of nitrogens with zero attached hydrogens (tertiary/aromatic N) is 1. The fourth-order valence-corrected chi connectivity index (χ4v) is 1.34. The van der Waals surface area contributed by atoms with Crippen LogP contribution >= 0.6 is 11.6 Å². The number of hydrogen-bond donors (Lipinski definition) is 2. The van der Waals surface area contributed by atoms with Crippen molar-refractivity contribution >= 4 is 17.4 Å². The highest BCUT2D eigenvalue weighted by molar-refractivity contribution is 6.31. The van der Waals surface area contributed by atoms with E-state index < -0.39 is 5.82 Å². The molecule has 0 aliphatic carbocycles. The molecule has 1 aromatic rings. The van der Waals surface area contributed by atoms with E-state index in [1.54, 1.807) is 6.07 Å². The number of nitrogens with one attached hydrogen (secondary N) is 1. The standard InChI is InChI=1S/C11H15ClFN3/c1-11(2,3)15-10(16-14)7-4-5-9(13)8(12)6-7/h4-6H,14H2,1-3H3,(H,15,16). The fraction of sp³-hybridized carbons (Fsp3) is 0.364. The largest absolute Gasteiger partial charge is 0.308 e. The van der Waals surface area contributed by atoms with Gasteiger partial charge in [-0.2, -0.15) is 0 Å². The number of hydrazine groups is 1. The van der Waals surface area contributed by atoms with E-state index in [0.717, 1.165) is 0 Å². The first kappa shape index (κ1) is 12.9. The molecule has 3 nitrogen and oxygen atoms in total. The van der Waals surface area contributed by atoms with Gasteiger partial charge in [-0.15, -0.1) is 0 Å². The first-order chi connectivity index (χ1) is 7.33. The number of hydrogen-bond acceptors (Lipinski definition) is 2. The van der Waals surface area contributed by atoms with E-state index in [4.69, 9.17) is 17.4 Å². The van der Waals surface area contributed by atoms with Gasteiger partial charge in [0.1, 0.15) is 11.7 Å². The zero-order valence-corrected chi connectivity index (χ0v) is 10.3. The third kappa shape index (κ3) is 3.47. The maximum Gasteiger partial charge on any atom is 0.143 e. The molecule has 0 aromatic heterocycles. The summed E-state index contributed by atoms with van der Waals surface area (Å²) in [5.41, 5.74) is 2.87. The average Bonchev–Trinajstić information content (AvgIpc) is 2.17. The molecule has 1 rings (SSSR count). The molecule has 0 unspecified atom stereocenters. The molecule has 0 aliphatic rings. The molecule has 0 spiro atoms. The van der Waals surface area contributed by atoms with Crippen LogP contribution in [-0.4, -0.2) is 11.4 Å². The molecular weight excluding hydrogens is 229 g/mol. The maximum atomic E-state index is 13.0. The van der Waals surface area contributed by atoms with Crippen molar-refractivity contribution in [2.45, 2.75) is 26.3 Å². The zero-order valence-electron chi connectivity index (χ0n) is 9.51. The van der Waals surface area contributed by atoms with Crippen molar-refractivity contribution in [1.82, 2.24) is 5.43 Å². The summed E-state index contributed by atoms with van der Waals surface area (Å²) in [4.78, 5) is 4.37. The Bertz CT molecular complexity index is 410. The van der Waals surface area contributed by atoms with Crippen molar-refractivity contribution in [1.29, 1.82) is 0 Å². The molecule has 0 bridgehead atoms. The van der Waals surface area contributed by atoms with E-state index >= 15 is 0 Å². The normalized spacial score (nSPS) is 12.8. The van der Waals surface area contributed by atoms with E-state index in [9.17, 15) is 4.39 Å². The van der Waals surface area contributed by atoms with Gasteiger partial charge in [0.05, 0.1) is 10.6 Å². The number of nitrogens with two attached hydrogens (primary N) is 1. The molecule has 1 aromatic carbocycles. The Balaban J connectivity index is 3.15. The maximum absolute atomic E-state index is 13.0. The summed E-state index contributed by atoms with van der Waals surface area (Å²) >= 11 is 5.69. The van der Waals surface area contributed by atoms with E-state index in [1.165, 1.54) is 12.1 Å². The van der Waals surface area contributed by atoms with Crippen molar-refractivity contribution in [3.8, 4) is 0 Å². The Hall–Kier alpha value is -1.13. The minimum absolute atomic E-state index is 0.0503. The minimum Gasteiger partial charge on any atom is -0.308 e. The predicted octanol–water partition coefficient (Wildman–Crippen LogP) is 2.49. The Labute approximate surface area is 99.5 Å². The molecule has 0 fully saturated rings. The topological polar surface area (TPSA) is 50.4 Å². The van der Waals surface area contributed by atoms with Gasteiger partial charge in [-0.1, -0.05) is 11.6 Å². The summed E-state index contributed by atoms with van der Waals surface area (Å²) in [6.07, 6.45) is 0. The van der Waals surface area contributed by atoms with Crippen molar-refractivity contribution in [3.63, 3.8) is 0 Å². The monoisotopic (exact) mass is 243 g/mol. The second kappa shape index (κ2) is 4.80. The Kier molecular flexibility index (Phi) is 3.88. The van der Waals surface area contributed by atoms with Crippen molar-refractivity contribution in [2.24, 2.45) is 10.8 Å². The van der Waals surface area contributed by atoms with Crippen LogP contribution in [0.15, 0.2) is 23.2 Å². The molecule has 0 atom stereocenters. The first-order valence-electron chi connectivity index (χ1n) is 4.85. The van der Waals surface area contributed by atoms with Gasteiger partial charge in [0.2, 0.25) is 0 Å². The summed E-state index contributed by atoms with van der Waals surface area (Å²) in [6, 6.07) is 4.35. The van der Waals surface area contributed by atoms with E-state index in [1.807, 2.05) is 20.8 Å². The van der Waals surface area contributed by atoms with E-state index in [-0.39, 0.29) is 10.6 Å². The molecule has 0 aliphatic heterocycles. The number of halogens is 2. The molecule has 0 amide bonds. The van der Waals surface area contributed by atoms with Crippen LogP contribution in [0, 0.1) is 5.82 Å². The van der Waals surface area contributed by atoms with E-state index in [2.05, 4.69) is 10.4 Å². The van der Waals surface area contributed by atoms with Crippen molar-refractivity contribution in [2.75, 3.05) is 0 Å². The van der Waals surface area contributed by atoms with Crippen LogP contribution in [0.4, 0.5) is 4.39 Å². The molecule has 88 valence electrons. The van der Waals surface area contributed by atoms with Gasteiger partial charge in [0, 0.05) is 5.56 Å². The van der Waals surface area contributed by atoms with Crippen LogP contribution in [0.3, 0.4) is 0 Å². The number of aliphatic imine (C=N–C) groups is 1. The Morgan fingerprint density at radius 1 is 1.44 bits per heavy atom. The zero-order chi connectivity index (χ0) is 12.3. The molecule has 0 heterocycles. The Morgan fingerprint density at radius 3 is 2.50 bits per heavy atom. The van der Waals surface area contributed by atoms with Gasteiger partial charge in [-0.3, -0.25) is 4.99 Å². The average molecular weight is 244 g/mol. The molecule has 3 N–H and O–H groups in total. The van der Waals surface area contributed by atoms with Crippen molar-refractivity contribution < 1.29 is 4.39 Å². The van der Waals surface area contributed by atoms with Crippen molar-refractivity contribution in [3.05, 3.63) is 34.6 Å². The second-order valence-electron chi connectivity index (χ2n) is 4.40. The molecular formula is C11H15ClFN3. The first-order valence-corrected chi connectivity index (χ1v) is 5.23. The van der Waals surface area contributed by atoms with Crippen LogP contribution in [0.1, 0.15) is 26.3 Å². The quantitative estimate of drug-likeness (QED) is 0.345. The second-order valence-corrected chi connectivity index (χ2v) is 4.81. The third-order valence-corrected chi connectivity index (χ3v) is 2.07. The lowest BCUT2D eigenvalue weighted by molar-refractivity contribution is 0.580. The molecule has 5 heteroatoms. The van der Waals surface area contributed by atoms with Gasteiger partial charge < -0.3 is 5.43 Å². The number of rotatable bonds is 1. The van der Waals surface area contributed by atoms with E-state index in [0.29, 0.717) is 11.4 Å². The van der Waals surface area contributed by atoms with Gasteiger partial charge in [-0.25, -0.2) is 10.2 Å². The highest BCUT2D eigenvalue weighted by atomic mass is 35.5. The van der Waals surface area contributed by atoms with Crippen LogP contribution in [0.5, 0.6) is 0 Å². The van der Waals surface area contributed by atoms with Crippen LogP contribution in [0.2, 0.25) is 5.02 Å². The SMILES string of the molecule is CC(C)(C)N=C(NN)c1ccc(F)c(Cl)c1. The van der Waals surface area contributed by atoms with Crippen LogP contribution in [-0.2, 0) is 0 Å². The summed E-state index contributed by atoms with van der Waals surface area (Å²) in [5, 5.41) is 0.0503. The molecule has 16 heavy (non-hydrogen) atoms. The number of amidine groups is 1. The summed E-state index contributed by atoms with van der Waals surface area (Å²) < 4.78 is 13.0. The number of benzene rings is 1. The minimum atomic E-state index is -0.461. The van der Waals surface area contributed by atoms with Gasteiger partial charge >= 0.3 is 0 Å². The summed E-state index contributed by atoms with van der Waals surface area (Å²) in [7, 11) is 0. The summed E-state index contributed by atoms with van der Waals surface area (Å²) in [6.45, 7) is 5.82. The van der Waals surface area contributed by atoms with Gasteiger partial charge in [-0.05, 0) is 39.0 Å². The van der Waals surface area contributed by atoms with Crippen LogP contribution in [0.25, 0.3) is 0 Å². The lowest BCUT2D eigenvalue weighted by atomic mass is 10.1. The highest BCUT2D eigenvalue weighted by Crippen LogP contribution is 2.17. The molecule has 0 saturated heterocycles. The summed E-state index contributed by atoms with van der Waals surface area (Å²) in [5.74, 6) is 5.40. The van der Waals surface area contributed by atoms with Gasteiger partial charge in [0.25, 0.3) is 0 Å². The molecule has 0 saturated carbocycles. The fourth-order valence-electron chi connectivity index (χ4n) is 1.16. The highest BCUT2D eigenvalue weighted by Gasteiger charge is 2.12. The smallest absolute Gasteiger partial charge is 0.143 e. The Morgan fingerprint density at radius 2 is 2.06 bits per heavy atom. The third-order valence-electron chi connectivity index (χ3n) is 1.78.